The van der Waals surface area contributed by atoms with E-state index >= 15 is 0 Å². The molecule has 29 heavy (non-hydrogen) atoms. The minimum absolute atomic E-state index is 0.0443. The van der Waals surface area contributed by atoms with E-state index in [2.05, 4.69) is 10.5 Å². The van der Waals surface area contributed by atoms with Crippen LogP contribution in [0.5, 0.6) is 0 Å². The van der Waals surface area contributed by atoms with Crippen molar-refractivity contribution in [1.82, 2.24) is 5.32 Å². The normalized spacial score (nSPS) is 21.0. The first-order valence-electron chi connectivity index (χ1n) is 9.30. The molecule has 2 N–H and O–H groups in total. The molecule has 1 aromatic heterocycles. The maximum Gasteiger partial charge on any atom is 0.414 e. The van der Waals surface area contributed by atoms with E-state index in [-0.39, 0.29) is 24.7 Å². The van der Waals surface area contributed by atoms with Gasteiger partial charge in [-0.25, -0.2) is 4.79 Å². The Hall–Kier alpha value is -2.91. The number of hydrogen-bond acceptors (Lipinski definition) is 7. The van der Waals surface area contributed by atoms with Gasteiger partial charge in [0.05, 0.1) is 24.6 Å². The van der Waals surface area contributed by atoms with Gasteiger partial charge in [0.15, 0.2) is 6.10 Å². The van der Waals surface area contributed by atoms with E-state index in [9.17, 15) is 9.59 Å². The zero-order valence-electron chi connectivity index (χ0n) is 15.8. The molecule has 2 atom stereocenters. The van der Waals surface area contributed by atoms with E-state index in [0.29, 0.717) is 19.5 Å². The number of hydrogen-bond donors (Lipinski definition) is 2. The second-order valence-corrected chi connectivity index (χ2v) is 8.00. The highest BCUT2D eigenvalue weighted by molar-refractivity contribution is 7.17. The first-order chi connectivity index (χ1) is 14.0. The number of nitrogens with zero attached hydrogens (tertiary/aromatic N) is 2. The van der Waals surface area contributed by atoms with Crippen molar-refractivity contribution in [2.24, 2.45) is 5.16 Å². The Bertz CT molecular complexity index is 940. The fraction of sp³-hybridized carbons (Fsp3) is 0.350. The molecule has 9 heteroatoms. The van der Waals surface area contributed by atoms with Crippen LogP contribution in [0.3, 0.4) is 0 Å². The van der Waals surface area contributed by atoms with Crippen LogP contribution in [-0.4, -0.2) is 54.7 Å². The predicted molar refractivity (Wildman–Crippen MR) is 109 cm³/mol. The van der Waals surface area contributed by atoms with Crippen molar-refractivity contribution >= 4 is 34.7 Å². The Balaban J connectivity index is 1.42. The highest BCUT2D eigenvalue weighted by atomic mass is 32.1. The van der Waals surface area contributed by atoms with Gasteiger partial charge in [-0.05, 0) is 29.8 Å². The van der Waals surface area contributed by atoms with E-state index in [4.69, 9.17) is 14.7 Å². The van der Waals surface area contributed by atoms with E-state index < -0.39 is 6.09 Å². The molecule has 0 aliphatic carbocycles. The zero-order valence-corrected chi connectivity index (χ0v) is 16.6. The number of carbonyl (C=O) groups is 2. The highest BCUT2D eigenvalue weighted by Gasteiger charge is 2.32. The summed E-state index contributed by atoms with van der Waals surface area (Å²) in [7, 11) is 0. The molecule has 2 unspecified atom stereocenters. The Morgan fingerprint density at radius 1 is 1.24 bits per heavy atom. The molecule has 1 aromatic carbocycles. The topological polar surface area (TPSA) is 100 Å². The van der Waals surface area contributed by atoms with Crippen molar-refractivity contribution in [3.05, 3.63) is 41.3 Å². The van der Waals surface area contributed by atoms with Gasteiger partial charge in [-0.2, -0.15) is 0 Å². The Morgan fingerprint density at radius 3 is 2.69 bits per heavy atom. The molecule has 0 radical (unpaired) electrons. The lowest BCUT2D eigenvalue weighted by atomic mass is 10.1. The SMILES string of the molecule is CC(=O)NCC1CN(c2ccc(-c3ccc(C4=NOC(CO)C4)s3)cc2)C(=O)O1. The number of aliphatic hydroxyl groups is 1. The molecule has 8 nitrogen and oxygen atoms in total. The zero-order chi connectivity index (χ0) is 20.4. The van der Waals surface area contributed by atoms with Gasteiger partial charge in [0.1, 0.15) is 11.8 Å². The summed E-state index contributed by atoms with van der Waals surface area (Å²) in [6.07, 6.45) is -0.427. The number of rotatable bonds is 6. The number of amides is 2. The van der Waals surface area contributed by atoms with Crippen LogP contribution in [-0.2, 0) is 14.4 Å². The van der Waals surface area contributed by atoms with Gasteiger partial charge in [-0.15, -0.1) is 11.3 Å². The molecule has 2 aliphatic rings. The van der Waals surface area contributed by atoms with E-state index in [1.165, 1.54) is 6.92 Å². The Morgan fingerprint density at radius 2 is 2.00 bits per heavy atom. The van der Waals surface area contributed by atoms with Crippen molar-refractivity contribution in [2.45, 2.75) is 25.6 Å². The van der Waals surface area contributed by atoms with Gasteiger partial charge < -0.3 is 20.0 Å². The molecular weight excluding hydrogens is 394 g/mol. The van der Waals surface area contributed by atoms with Crippen LogP contribution in [0, 0.1) is 0 Å². The predicted octanol–water partition coefficient (Wildman–Crippen LogP) is 2.36. The molecule has 152 valence electrons. The number of thiophene rings is 1. The summed E-state index contributed by atoms with van der Waals surface area (Å²) >= 11 is 1.61. The number of cyclic esters (lactones) is 1. The van der Waals surface area contributed by atoms with Gasteiger partial charge in [-0.1, -0.05) is 17.3 Å². The smallest absolute Gasteiger partial charge is 0.414 e. The average Bonchev–Trinajstić information content (AvgIpc) is 3.45. The maximum atomic E-state index is 12.1. The summed E-state index contributed by atoms with van der Waals surface area (Å²) in [5, 5.41) is 15.9. The molecule has 0 saturated carbocycles. The fourth-order valence-corrected chi connectivity index (χ4v) is 4.22. The average molecular weight is 415 g/mol. The molecule has 2 aliphatic heterocycles. The Labute approximate surface area is 171 Å². The number of carbonyl (C=O) groups excluding carboxylic acids is 2. The highest BCUT2D eigenvalue weighted by Crippen LogP contribution is 2.32. The van der Waals surface area contributed by atoms with Crippen molar-refractivity contribution in [3.63, 3.8) is 0 Å². The summed E-state index contributed by atoms with van der Waals surface area (Å²) in [5.74, 6) is -0.152. The van der Waals surface area contributed by atoms with Crippen LogP contribution in [0.1, 0.15) is 18.2 Å². The second-order valence-electron chi connectivity index (χ2n) is 6.92. The number of oxime groups is 1. The number of ether oxygens (including phenoxy) is 1. The third kappa shape index (κ3) is 4.25. The van der Waals surface area contributed by atoms with Crippen LogP contribution in [0.15, 0.2) is 41.6 Å². The van der Waals surface area contributed by atoms with Gasteiger partial charge in [0, 0.05) is 23.9 Å². The van der Waals surface area contributed by atoms with Crippen LogP contribution in [0.2, 0.25) is 0 Å². The molecule has 4 rings (SSSR count). The second kappa shape index (κ2) is 8.22. The number of aliphatic hydroxyl groups excluding tert-OH is 1. The van der Waals surface area contributed by atoms with Crippen LogP contribution >= 0.6 is 11.3 Å². The van der Waals surface area contributed by atoms with Crippen molar-refractivity contribution in [3.8, 4) is 10.4 Å². The largest absolute Gasteiger partial charge is 0.442 e. The first kappa shape index (κ1) is 19.4. The van der Waals surface area contributed by atoms with Crippen molar-refractivity contribution < 1.29 is 24.3 Å². The summed E-state index contributed by atoms with van der Waals surface area (Å²) < 4.78 is 5.30. The van der Waals surface area contributed by atoms with E-state index in [1.807, 2.05) is 36.4 Å². The van der Waals surface area contributed by atoms with E-state index in [1.54, 1.807) is 16.2 Å². The number of anilines is 1. The summed E-state index contributed by atoms with van der Waals surface area (Å²) in [6.45, 7) is 2.09. The molecule has 1 fully saturated rings. The third-order valence-electron chi connectivity index (χ3n) is 4.74. The molecule has 0 spiro atoms. The van der Waals surface area contributed by atoms with Gasteiger partial charge in [0.25, 0.3) is 0 Å². The first-order valence-corrected chi connectivity index (χ1v) is 10.1. The Kier molecular flexibility index (Phi) is 5.50. The maximum absolute atomic E-state index is 12.1. The summed E-state index contributed by atoms with van der Waals surface area (Å²) in [5.41, 5.74) is 2.63. The lowest BCUT2D eigenvalue weighted by Crippen LogP contribution is -2.33. The number of nitrogens with one attached hydrogen (secondary N) is 1. The summed E-state index contributed by atoms with van der Waals surface area (Å²) in [6, 6.07) is 11.7. The van der Waals surface area contributed by atoms with Crippen LogP contribution < -0.4 is 10.2 Å². The number of benzene rings is 1. The lowest BCUT2D eigenvalue weighted by Gasteiger charge is -2.13. The molecule has 0 bridgehead atoms. The fourth-order valence-electron chi connectivity index (χ4n) is 3.22. The van der Waals surface area contributed by atoms with Gasteiger partial charge in [-0.3, -0.25) is 9.69 Å². The van der Waals surface area contributed by atoms with Crippen LogP contribution in [0.4, 0.5) is 10.5 Å². The minimum atomic E-state index is -0.413. The molecular formula is C20H21N3O5S. The monoisotopic (exact) mass is 415 g/mol. The van der Waals surface area contributed by atoms with E-state index in [0.717, 1.165) is 26.7 Å². The molecule has 1 saturated heterocycles. The third-order valence-corrected chi connectivity index (χ3v) is 5.93. The molecule has 2 amide bonds. The molecule has 3 heterocycles. The van der Waals surface area contributed by atoms with Crippen molar-refractivity contribution in [2.75, 3.05) is 24.6 Å². The lowest BCUT2D eigenvalue weighted by molar-refractivity contribution is -0.119. The van der Waals surface area contributed by atoms with Crippen molar-refractivity contribution in [1.29, 1.82) is 0 Å². The molecule has 2 aromatic rings. The standard InChI is InChI=1S/C20H21N3O5S/c1-12(25)21-9-16-10-23(20(26)27-16)14-4-2-13(3-5-14)18-6-7-19(29-18)17-8-15(11-24)28-22-17/h2-7,15-16,24H,8-11H2,1H3,(H,21,25). The van der Waals surface area contributed by atoms with Crippen LogP contribution in [0.25, 0.3) is 10.4 Å². The van der Waals surface area contributed by atoms with Gasteiger partial charge >= 0.3 is 6.09 Å². The minimum Gasteiger partial charge on any atom is -0.442 e. The van der Waals surface area contributed by atoms with Gasteiger partial charge in [0.2, 0.25) is 5.91 Å². The quantitative estimate of drug-likeness (QED) is 0.754. The summed E-state index contributed by atoms with van der Waals surface area (Å²) in [4.78, 5) is 32.0.